The third-order valence-corrected chi connectivity index (χ3v) is 12.7. The van der Waals surface area contributed by atoms with Crippen LogP contribution in [0.3, 0.4) is 0 Å². The third-order valence-electron chi connectivity index (χ3n) is 12.7. The number of hydrogen-bond acceptors (Lipinski definition) is 3. The summed E-state index contributed by atoms with van der Waals surface area (Å²) in [5, 5.41) is 29.7. The van der Waals surface area contributed by atoms with E-state index >= 15 is 0 Å². The molecule has 62 heavy (non-hydrogen) atoms. The number of aromatic nitrogens is 3. The van der Waals surface area contributed by atoms with Crippen LogP contribution in [-0.2, 0) is 0 Å². The maximum atomic E-state index is 10.5. The number of nitriles is 2. The van der Waals surface area contributed by atoms with Crippen molar-refractivity contribution in [1.82, 2.24) is 13.7 Å². The van der Waals surface area contributed by atoms with E-state index in [9.17, 15) is 10.5 Å². The van der Waals surface area contributed by atoms with E-state index in [1.54, 1.807) is 0 Å². The normalized spacial score (nSPS) is 11.8. The zero-order valence-electron chi connectivity index (χ0n) is 33.0. The molecule has 4 aromatic heterocycles. The van der Waals surface area contributed by atoms with Crippen LogP contribution in [0.4, 0.5) is 0 Å². The fourth-order valence-corrected chi connectivity index (χ4v) is 10.0. The number of para-hydroxylation sites is 5. The molecule has 0 saturated carbocycles. The minimum Gasteiger partial charge on any atom is -0.455 e. The van der Waals surface area contributed by atoms with Crippen molar-refractivity contribution >= 4 is 87.4 Å². The van der Waals surface area contributed by atoms with Gasteiger partial charge in [0.15, 0.2) is 0 Å². The predicted molar refractivity (Wildman–Crippen MR) is 252 cm³/mol. The van der Waals surface area contributed by atoms with Crippen LogP contribution < -0.4 is 0 Å². The first-order valence-corrected chi connectivity index (χ1v) is 20.6. The van der Waals surface area contributed by atoms with Crippen LogP contribution in [0.1, 0.15) is 11.1 Å². The van der Waals surface area contributed by atoms with Crippen molar-refractivity contribution in [3.05, 3.63) is 199 Å². The van der Waals surface area contributed by atoms with Gasteiger partial charge in [-0.05, 0) is 96.1 Å². The van der Waals surface area contributed by atoms with Gasteiger partial charge < -0.3 is 18.1 Å². The van der Waals surface area contributed by atoms with Gasteiger partial charge in [0.1, 0.15) is 23.3 Å². The van der Waals surface area contributed by atoms with E-state index in [4.69, 9.17) is 4.42 Å². The molecule has 0 amide bonds. The summed E-state index contributed by atoms with van der Waals surface area (Å²) in [6, 6.07) is 70.2. The van der Waals surface area contributed by atoms with Crippen LogP contribution in [0.15, 0.2) is 192 Å². The van der Waals surface area contributed by atoms with Crippen LogP contribution in [0.5, 0.6) is 0 Å². The average molecular weight is 790 g/mol. The van der Waals surface area contributed by atoms with Gasteiger partial charge in [-0.25, -0.2) is 0 Å². The van der Waals surface area contributed by atoms with Crippen LogP contribution in [-0.4, -0.2) is 13.7 Å². The summed E-state index contributed by atoms with van der Waals surface area (Å²) in [4.78, 5) is 0. The van der Waals surface area contributed by atoms with Crippen LogP contribution >= 0.6 is 0 Å². The van der Waals surface area contributed by atoms with Gasteiger partial charge in [0.2, 0.25) is 0 Å². The van der Waals surface area contributed by atoms with Crippen LogP contribution in [0.2, 0.25) is 0 Å². The monoisotopic (exact) mass is 789 g/mol. The summed E-state index contributed by atoms with van der Waals surface area (Å²) in [5.41, 5.74) is 13.5. The van der Waals surface area contributed by atoms with Crippen molar-refractivity contribution < 1.29 is 4.42 Å². The van der Waals surface area contributed by atoms with E-state index in [1.807, 2.05) is 36.4 Å². The molecule has 286 valence electrons. The molecule has 6 nitrogen and oxygen atoms in total. The van der Waals surface area contributed by atoms with E-state index in [0.717, 1.165) is 99.3 Å². The largest absolute Gasteiger partial charge is 0.455 e. The highest BCUT2D eigenvalue weighted by Crippen LogP contribution is 2.44. The maximum Gasteiger partial charge on any atom is 0.145 e. The van der Waals surface area contributed by atoms with Crippen molar-refractivity contribution in [2.75, 3.05) is 0 Å². The molecule has 0 aliphatic carbocycles. The average Bonchev–Trinajstić information content (AvgIpc) is 4.07. The zero-order chi connectivity index (χ0) is 41.1. The smallest absolute Gasteiger partial charge is 0.145 e. The molecule has 0 saturated heterocycles. The molecule has 0 fully saturated rings. The number of furan rings is 1. The molecular formula is C56H31N5O. The Bertz CT molecular complexity index is 4130. The van der Waals surface area contributed by atoms with Gasteiger partial charge in [-0.15, -0.1) is 0 Å². The number of benzene rings is 9. The fourth-order valence-electron chi connectivity index (χ4n) is 10.0. The van der Waals surface area contributed by atoms with Crippen LogP contribution in [0, 0.1) is 22.7 Å². The van der Waals surface area contributed by atoms with Gasteiger partial charge in [0, 0.05) is 43.4 Å². The highest BCUT2D eigenvalue weighted by atomic mass is 16.3. The Labute approximate surface area is 354 Å². The van der Waals surface area contributed by atoms with Gasteiger partial charge in [0.05, 0.1) is 61.0 Å². The summed E-state index contributed by atoms with van der Waals surface area (Å²) < 4.78 is 13.4. The molecule has 0 radical (unpaired) electrons. The highest BCUT2D eigenvalue weighted by Gasteiger charge is 2.24. The van der Waals surface area contributed by atoms with E-state index < -0.39 is 0 Å². The lowest BCUT2D eigenvalue weighted by Gasteiger charge is -2.18. The second-order valence-corrected chi connectivity index (χ2v) is 15.9. The first kappa shape index (κ1) is 34.1. The minimum absolute atomic E-state index is 0.314. The summed E-state index contributed by atoms with van der Waals surface area (Å²) >= 11 is 0. The van der Waals surface area contributed by atoms with E-state index in [2.05, 4.69) is 177 Å². The summed E-state index contributed by atoms with van der Waals surface area (Å²) in [6.45, 7) is 0. The van der Waals surface area contributed by atoms with E-state index in [0.29, 0.717) is 11.1 Å². The lowest BCUT2D eigenvalue weighted by Crippen LogP contribution is -2.05. The molecule has 4 heterocycles. The molecule has 13 rings (SSSR count). The second kappa shape index (κ2) is 12.8. The third kappa shape index (κ3) is 4.66. The standard InChI is InChI=1S/C56H31N5O/c57-32-36-30-52(53(31-37(36)33-58)61-48-20-10-6-17-43(48)55-51(61)27-24-42-41-16-7-11-21-54(41)62-56(42)55)60-47-19-9-5-15-40(47)45-29-35(23-26-50(45)60)34-22-25-49-44(28-34)39-14-4-8-18-46(39)59(49)38-12-2-1-3-13-38/h1-31H. The Morgan fingerprint density at radius 2 is 0.823 bits per heavy atom. The summed E-state index contributed by atoms with van der Waals surface area (Å²) in [7, 11) is 0. The maximum absolute atomic E-state index is 10.5. The van der Waals surface area contributed by atoms with Gasteiger partial charge in [-0.2, -0.15) is 10.5 Å². The molecule has 13 aromatic rings. The van der Waals surface area contributed by atoms with Gasteiger partial charge in [-0.3, -0.25) is 0 Å². The number of nitrogens with zero attached hydrogens (tertiary/aromatic N) is 5. The van der Waals surface area contributed by atoms with Crippen molar-refractivity contribution in [3.8, 4) is 40.3 Å². The Hall–Kier alpha value is -8.84. The molecule has 6 heteroatoms. The van der Waals surface area contributed by atoms with Crippen molar-refractivity contribution in [2.45, 2.75) is 0 Å². The molecule has 0 N–H and O–H groups in total. The molecule has 0 unspecified atom stereocenters. The zero-order valence-corrected chi connectivity index (χ0v) is 33.0. The first-order chi connectivity index (χ1) is 30.7. The van der Waals surface area contributed by atoms with Gasteiger partial charge in [-0.1, -0.05) is 103 Å². The highest BCUT2D eigenvalue weighted by molar-refractivity contribution is 6.24. The topological polar surface area (TPSA) is 75.5 Å². The van der Waals surface area contributed by atoms with Crippen LogP contribution in [0.25, 0.3) is 116 Å². The molecule has 9 aromatic carbocycles. The molecule has 0 spiro atoms. The Morgan fingerprint density at radius 3 is 1.45 bits per heavy atom. The lowest BCUT2D eigenvalue weighted by molar-refractivity contribution is 0.673. The van der Waals surface area contributed by atoms with Gasteiger partial charge in [0.25, 0.3) is 0 Å². The summed E-state index contributed by atoms with van der Waals surface area (Å²) in [6.07, 6.45) is 0. The Kier molecular flexibility index (Phi) is 7.05. The van der Waals surface area contributed by atoms with E-state index in [-0.39, 0.29) is 0 Å². The van der Waals surface area contributed by atoms with Crippen molar-refractivity contribution in [1.29, 1.82) is 10.5 Å². The Morgan fingerprint density at radius 1 is 0.355 bits per heavy atom. The summed E-state index contributed by atoms with van der Waals surface area (Å²) in [5.74, 6) is 0. The fraction of sp³-hybridized carbons (Fsp3) is 0. The lowest BCUT2D eigenvalue weighted by atomic mass is 10.0. The second-order valence-electron chi connectivity index (χ2n) is 15.9. The molecule has 0 atom stereocenters. The number of hydrogen-bond donors (Lipinski definition) is 0. The van der Waals surface area contributed by atoms with Crippen molar-refractivity contribution in [2.24, 2.45) is 0 Å². The quantitative estimate of drug-likeness (QED) is 0.178. The SMILES string of the molecule is N#Cc1cc(-n2c3ccccc3c3cc(-c4ccc5c(c4)c4ccccc4n5-c4ccccc4)ccc32)c(-n2c3ccccc3c3c4oc5ccccc5c4ccc32)cc1C#N. The molecule has 0 bridgehead atoms. The number of rotatable bonds is 4. The molecular weight excluding hydrogens is 759 g/mol. The number of fused-ring (bicyclic) bond motifs is 13. The van der Waals surface area contributed by atoms with E-state index in [1.165, 1.54) is 16.3 Å². The van der Waals surface area contributed by atoms with Crippen molar-refractivity contribution in [3.63, 3.8) is 0 Å². The predicted octanol–water partition coefficient (Wildman–Crippen LogP) is 14.3. The van der Waals surface area contributed by atoms with Gasteiger partial charge >= 0.3 is 0 Å². The minimum atomic E-state index is 0.314. The molecule has 0 aliphatic heterocycles. The Balaban J connectivity index is 1.07. The molecule has 0 aliphatic rings. The first-order valence-electron chi connectivity index (χ1n) is 20.6.